The molecule has 0 amide bonds. The van der Waals surface area contributed by atoms with Crippen LogP contribution in [0.4, 0.5) is 0 Å². The summed E-state index contributed by atoms with van der Waals surface area (Å²) in [7, 11) is 0. The summed E-state index contributed by atoms with van der Waals surface area (Å²) < 4.78 is 0. The van der Waals surface area contributed by atoms with Gasteiger partial charge in [-0.1, -0.05) is 56.9 Å². The first-order valence-electron chi connectivity index (χ1n) is 8.12. The van der Waals surface area contributed by atoms with Gasteiger partial charge >= 0.3 is 0 Å². The van der Waals surface area contributed by atoms with Crippen LogP contribution in [0.2, 0.25) is 0 Å². The minimum atomic E-state index is 0.484. The Hall–Kier alpha value is -0.820. The van der Waals surface area contributed by atoms with Crippen molar-refractivity contribution in [2.75, 3.05) is 6.54 Å². The summed E-state index contributed by atoms with van der Waals surface area (Å²) in [4.78, 5) is 0. The molecule has 1 N–H and O–H groups in total. The first-order valence-corrected chi connectivity index (χ1v) is 8.12. The molecule has 0 bridgehead atoms. The molecule has 1 aromatic carbocycles. The van der Waals surface area contributed by atoms with Gasteiger partial charge in [-0.25, -0.2) is 0 Å². The molecule has 1 fully saturated rings. The molecule has 1 nitrogen and oxygen atoms in total. The topological polar surface area (TPSA) is 12.0 Å². The first kappa shape index (κ1) is 14.6. The van der Waals surface area contributed by atoms with Crippen LogP contribution in [0, 0.1) is 5.92 Å². The summed E-state index contributed by atoms with van der Waals surface area (Å²) in [5.41, 5.74) is 2.89. The Kier molecular flexibility index (Phi) is 5.91. The third-order valence-electron chi connectivity index (χ3n) is 4.46. The summed E-state index contributed by atoms with van der Waals surface area (Å²) in [6, 6.07) is 9.65. The maximum atomic E-state index is 3.72. The van der Waals surface area contributed by atoms with Gasteiger partial charge in [0.25, 0.3) is 0 Å². The highest BCUT2D eigenvalue weighted by Gasteiger charge is 2.14. The predicted octanol–water partition coefficient (Wildman–Crippen LogP) is 4.87. The van der Waals surface area contributed by atoms with Crippen molar-refractivity contribution >= 4 is 0 Å². The maximum absolute atomic E-state index is 3.72. The molecule has 1 heteroatoms. The Morgan fingerprint density at radius 3 is 2.42 bits per heavy atom. The van der Waals surface area contributed by atoms with E-state index in [1.54, 1.807) is 0 Å². The van der Waals surface area contributed by atoms with Crippen LogP contribution in [0.15, 0.2) is 24.3 Å². The Morgan fingerprint density at radius 1 is 1.11 bits per heavy atom. The molecule has 1 atom stereocenters. The smallest absolute Gasteiger partial charge is 0.0291 e. The quantitative estimate of drug-likeness (QED) is 0.768. The van der Waals surface area contributed by atoms with E-state index in [1.807, 2.05) is 0 Å². The van der Waals surface area contributed by atoms with Gasteiger partial charge in [-0.3, -0.25) is 0 Å². The second kappa shape index (κ2) is 7.69. The van der Waals surface area contributed by atoms with Gasteiger partial charge in [-0.15, -0.1) is 0 Å². The van der Waals surface area contributed by atoms with Gasteiger partial charge in [-0.2, -0.15) is 0 Å². The zero-order chi connectivity index (χ0) is 13.5. The monoisotopic (exact) mass is 259 g/mol. The largest absolute Gasteiger partial charge is 0.310 e. The van der Waals surface area contributed by atoms with E-state index in [4.69, 9.17) is 0 Å². The molecular weight excluding hydrogens is 230 g/mol. The van der Waals surface area contributed by atoms with E-state index in [0.29, 0.717) is 6.04 Å². The summed E-state index contributed by atoms with van der Waals surface area (Å²) in [5.74, 6) is 0.913. The SMILES string of the molecule is CCCc1ccc(C(C)NCC2CCCCC2)cc1. The van der Waals surface area contributed by atoms with Crippen molar-refractivity contribution in [2.45, 2.75) is 64.8 Å². The predicted molar refractivity (Wildman–Crippen MR) is 83.4 cm³/mol. The Labute approximate surface area is 118 Å². The minimum absolute atomic E-state index is 0.484. The number of aryl methyl sites for hydroxylation is 1. The van der Waals surface area contributed by atoms with Crippen LogP contribution in [-0.2, 0) is 6.42 Å². The van der Waals surface area contributed by atoms with Gasteiger partial charge < -0.3 is 5.32 Å². The van der Waals surface area contributed by atoms with Crippen molar-refractivity contribution < 1.29 is 0 Å². The Bertz CT molecular complexity index is 348. The zero-order valence-corrected chi connectivity index (χ0v) is 12.6. The molecule has 0 heterocycles. The van der Waals surface area contributed by atoms with E-state index in [-0.39, 0.29) is 0 Å². The maximum Gasteiger partial charge on any atom is 0.0291 e. The average Bonchev–Trinajstić information content (AvgIpc) is 2.47. The van der Waals surface area contributed by atoms with E-state index < -0.39 is 0 Å². The van der Waals surface area contributed by atoms with Crippen LogP contribution in [-0.4, -0.2) is 6.54 Å². The molecule has 1 aromatic rings. The van der Waals surface area contributed by atoms with Crippen molar-refractivity contribution in [1.82, 2.24) is 5.32 Å². The standard InChI is InChI=1S/C18H29N/c1-3-7-16-10-12-18(13-11-16)15(2)19-14-17-8-5-4-6-9-17/h10-13,15,17,19H,3-9,14H2,1-2H3. The van der Waals surface area contributed by atoms with Crippen molar-refractivity contribution in [3.8, 4) is 0 Å². The van der Waals surface area contributed by atoms with E-state index >= 15 is 0 Å². The Morgan fingerprint density at radius 2 is 1.79 bits per heavy atom. The first-order chi connectivity index (χ1) is 9.29. The third kappa shape index (κ3) is 4.65. The van der Waals surface area contributed by atoms with Crippen LogP contribution in [0.1, 0.15) is 69.5 Å². The molecular formula is C18H29N. The summed E-state index contributed by atoms with van der Waals surface area (Å²) >= 11 is 0. The summed E-state index contributed by atoms with van der Waals surface area (Å²) in [6.07, 6.45) is 9.60. The molecule has 2 rings (SSSR count). The van der Waals surface area contributed by atoms with Crippen LogP contribution in [0.5, 0.6) is 0 Å². The lowest BCUT2D eigenvalue weighted by atomic mass is 9.89. The molecule has 0 aromatic heterocycles. The summed E-state index contributed by atoms with van der Waals surface area (Å²) in [6.45, 7) is 5.72. The fourth-order valence-corrected chi connectivity index (χ4v) is 3.11. The molecule has 1 unspecified atom stereocenters. The van der Waals surface area contributed by atoms with Gasteiger partial charge in [0.15, 0.2) is 0 Å². The second-order valence-electron chi connectivity index (χ2n) is 6.13. The highest BCUT2D eigenvalue weighted by Crippen LogP contribution is 2.24. The molecule has 0 aliphatic heterocycles. The molecule has 19 heavy (non-hydrogen) atoms. The third-order valence-corrected chi connectivity index (χ3v) is 4.46. The molecule has 0 radical (unpaired) electrons. The van der Waals surface area contributed by atoms with Crippen LogP contribution < -0.4 is 5.32 Å². The van der Waals surface area contributed by atoms with Gasteiger partial charge in [0, 0.05) is 6.04 Å². The average molecular weight is 259 g/mol. The lowest BCUT2D eigenvalue weighted by Gasteiger charge is -2.24. The van der Waals surface area contributed by atoms with E-state index in [9.17, 15) is 0 Å². The van der Waals surface area contributed by atoms with Crippen LogP contribution in [0.25, 0.3) is 0 Å². The van der Waals surface area contributed by atoms with Crippen molar-refractivity contribution in [1.29, 1.82) is 0 Å². The van der Waals surface area contributed by atoms with Gasteiger partial charge in [0.2, 0.25) is 0 Å². The Balaban J connectivity index is 1.79. The van der Waals surface area contributed by atoms with Crippen LogP contribution >= 0.6 is 0 Å². The number of nitrogens with one attached hydrogen (secondary N) is 1. The fourth-order valence-electron chi connectivity index (χ4n) is 3.11. The van der Waals surface area contributed by atoms with Crippen molar-refractivity contribution in [3.63, 3.8) is 0 Å². The van der Waals surface area contributed by atoms with Gasteiger partial charge in [0.1, 0.15) is 0 Å². The van der Waals surface area contributed by atoms with Crippen molar-refractivity contribution in [3.05, 3.63) is 35.4 Å². The molecule has 0 saturated heterocycles. The lowest BCUT2D eigenvalue weighted by molar-refractivity contribution is 0.331. The zero-order valence-electron chi connectivity index (χ0n) is 12.6. The highest BCUT2D eigenvalue weighted by atomic mass is 14.9. The van der Waals surface area contributed by atoms with E-state index in [2.05, 4.69) is 43.4 Å². The molecule has 0 spiro atoms. The number of hydrogen-bond donors (Lipinski definition) is 1. The fraction of sp³-hybridized carbons (Fsp3) is 0.667. The lowest BCUT2D eigenvalue weighted by Crippen LogP contribution is -2.27. The summed E-state index contributed by atoms with van der Waals surface area (Å²) in [5, 5.41) is 3.72. The minimum Gasteiger partial charge on any atom is -0.310 e. The molecule has 1 saturated carbocycles. The van der Waals surface area contributed by atoms with Crippen molar-refractivity contribution in [2.24, 2.45) is 5.92 Å². The van der Waals surface area contributed by atoms with E-state index in [0.717, 1.165) is 5.92 Å². The highest BCUT2D eigenvalue weighted by molar-refractivity contribution is 5.24. The normalized spacial score (nSPS) is 18.4. The van der Waals surface area contributed by atoms with E-state index in [1.165, 1.54) is 62.6 Å². The van der Waals surface area contributed by atoms with Gasteiger partial charge in [-0.05, 0) is 49.8 Å². The number of rotatable bonds is 6. The molecule has 106 valence electrons. The second-order valence-corrected chi connectivity index (χ2v) is 6.13. The number of hydrogen-bond acceptors (Lipinski definition) is 1. The molecule has 1 aliphatic carbocycles. The van der Waals surface area contributed by atoms with Gasteiger partial charge in [0.05, 0.1) is 0 Å². The molecule has 1 aliphatic rings. The number of benzene rings is 1. The van der Waals surface area contributed by atoms with Crippen LogP contribution in [0.3, 0.4) is 0 Å².